The van der Waals surface area contributed by atoms with E-state index < -0.39 is 0 Å². The Morgan fingerprint density at radius 1 is 1.21 bits per heavy atom. The summed E-state index contributed by atoms with van der Waals surface area (Å²) in [5, 5.41) is 7.42. The first kappa shape index (κ1) is 15.4. The Bertz CT molecular complexity index is 580. The molecule has 3 N–H and O–H groups in total. The van der Waals surface area contributed by atoms with Crippen LogP contribution in [0.3, 0.4) is 0 Å². The number of halogens is 1. The average Bonchev–Trinajstić information content (AvgIpc) is 2.87. The summed E-state index contributed by atoms with van der Waals surface area (Å²) in [6, 6.07) is 12.8. The summed E-state index contributed by atoms with van der Waals surface area (Å²) >= 11 is 1.40. The lowest BCUT2D eigenvalue weighted by Crippen LogP contribution is -2.16. The fourth-order valence-corrected chi connectivity index (χ4v) is 2.63. The van der Waals surface area contributed by atoms with E-state index in [4.69, 9.17) is 11.1 Å². The fourth-order valence-electron chi connectivity index (χ4n) is 1.59. The zero-order chi connectivity index (χ0) is 13.1. The Morgan fingerprint density at radius 3 is 2.42 bits per heavy atom. The van der Waals surface area contributed by atoms with Gasteiger partial charge in [0.15, 0.2) is 0 Å². The molecule has 3 nitrogen and oxygen atoms in total. The van der Waals surface area contributed by atoms with Crippen molar-refractivity contribution in [2.24, 2.45) is 5.73 Å². The first-order valence-corrected chi connectivity index (χ1v) is 6.44. The van der Waals surface area contributed by atoms with Crippen LogP contribution in [0.5, 0.6) is 0 Å². The predicted octanol–water partition coefficient (Wildman–Crippen LogP) is 3.44. The van der Waals surface area contributed by atoms with Crippen molar-refractivity contribution in [1.82, 2.24) is 0 Å². The van der Waals surface area contributed by atoms with Crippen molar-refractivity contribution >= 4 is 35.4 Å². The topological polar surface area (TPSA) is 66.9 Å². The summed E-state index contributed by atoms with van der Waals surface area (Å²) in [5.74, 6) is 0.00508. The Labute approximate surface area is 122 Å². The number of ketones is 1. The second kappa shape index (κ2) is 6.50. The van der Waals surface area contributed by atoms with E-state index >= 15 is 0 Å². The van der Waals surface area contributed by atoms with Gasteiger partial charge in [-0.25, -0.2) is 0 Å². The van der Waals surface area contributed by atoms with Gasteiger partial charge in [0.05, 0.1) is 10.7 Å². The van der Waals surface area contributed by atoms with Crippen molar-refractivity contribution in [3.63, 3.8) is 0 Å². The lowest BCUT2D eigenvalue weighted by atomic mass is 10.1. The fraction of sp³-hybridized carbons (Fsp3) is 0.143. The molecule has 1 aromatic heterocycles. The third-order valence-corrected chi connectivity index (χ3v) is 4.05. The van der Waals surface area contributed by atoms with Crippen molar-refractivity contribution in [1.29, 1.82) is 5.41 Å². The normalized spacial score (nSPS) is 11.4. The van der Waals surface area contributed by atoms with E-state index in [9.17, 15) is 4.79 Å². The number of benzene rings is 1. The summed E-state index contributed by atoms with van der Waals surface area (Å²) < 4.78 is 0. The Morgan fingerprint density at radius 2 is 1.84 bits per heavy atom. The molecule has 2 aromatic rings. The molecule has 0 spiro atoms. The minimum absolute atomic E-state index is 0. The summed E-state index contributed by atoms with van der Waals surface area (Å²) in [6.45, 7) is 1.87. The second-order valence-corrected chi connectivity index (χ2v) is 5.19. The third kappa shape index (κ3) is 3.43. The zero-order valence-corrected chi connectivity index (χ0v) is 12.1. The standard InChI is InChI=1S/C14H14N2OS.ClH/c1-9(14(15)16)11-7-8-12(18-11)13(17)10-5-3-2-4-6-10;/h2-9H,1H3,(H3,15,16);1H/t9-;/m1./s1. The highest BCUT2D eigenvalue weighted by molar-refractivity contribution is 7.14. The molecule has 1 heterocycles. The molecule has 1 atom stereocenters. The van der Waals surface area contributed by atoms with Gasteiger partial charge in [-0.15, -0.1) is 23.7 Å². The highest BCUT2D eigenvalue weighted by Gasteiger charge is 2.15. The van der Waals surface area contributed by atoms with Crippen molar-refractivity contribution in [2.75, 3.05) is 0 Å². The first-order valence-electron chi connectivity index (χ1n) is 5.63. The third-order valence-electron chi connectivity index (χ3n) is 2.78. The molecule has 1 aromatic carbocycles. The number of hydrogen-bond donors (Lipinski definition) is 2. The van der Waals surface area contributed by atoms with Crippen LogP contribution < -0.4 is 5.73 Å². The maximum absolute atomic E-state index is 12.2. The molecule has 100 valence electrons. The highest BCUT2D eigenvalue weighted by Crippen LogP contribution is 2.26. The van der Waals surface area contributed by atoms with Gasteiger partial charge in [-0.05, 0) is 12.1 Å². The van der Waals surface area contributed by atoms with Gasteiger partial charge >= 0.3 is 0 Å². The molecule has 19 heavy (non-hydrogen) atoms. The largest absolute Gasteiger partial charge is 0.387 e. The molecule has 0 bridgehead atoms. The van der Waals surface area contributed by atoms with Gasteiger partial charge in [0.2, 0.25) is 5.78 Å². The van der Waals surface area contributed by atoms with Gasteiger partial charge in [-0.3, -0.25) is 10.2 Å². The molecule has 0 aliphatic carbocycles. The summed E-state index contributed by atoms with van der Waals surface area (Å²) in [7, 11) is 0. The molecule has 0 amide bonds. The number of amidine groups is 1. The molecular formula is C14H15ClN2OS. The predicted molar refractivity (Wildman–Crippen MR) is 81.8 cm³/mol. The summed E-state index contributed by atoms with van der Waals surface area (Å²) in [4.78, 5) is 13.8. The van der Waals surface area contributed by atoms with Crippen LogP contribution >= 0.6 is 23.7 Å². The summed E-state index contributed by atoms with van der Waals surface area (Å²) in [5.41, 5.74) is 6.15. The molecule has 0 saturated heterocycles. The Hall–Kier alpha value is -1.65. The Balaban J connectivity index is 0.00000180. The van der Waals surface area contributed by atoms with Gasteiger partial charge in [-0.1, -0.05) is 37.3 Å². The summed E-state index contributed by atoms with van der Waals surface area (Å²) in [6.07, 6.45) is 0. The number of thiophene rings is 1. The maximum Gasteiger partial charge on any atom is 0.202 e. The second-order valence-electron chi connectivity index (χ2n) is 4.07. The van der Waals surface area contributed by atoms with Crippen molar-refractivity contribution in [2.45, 2.75) is 12.8 Å². The van der Waals surface area contributed by atoms with E-state index in [-0.39, 0.29) is 29.9 Å². The number of rotatable bonds is 4. The smallest absolute Gasteiger partial charge is 0.202 e. The van der Waals surface area contributed by atoms with Crippen LogP contribution in [0.2, 0.25) is 0 Å². The zero-order valence-electron chi connectivity index (χ0n) is 10.4. The van der Waals surface area contributed by atoms with Gasteiger partial charge in [0.25, 0.3) is 0 Å². The van der Waals surface area contributed by atoms with Gasteiger partial charge in [0.1, 0.15) is 0 Å². The average molecular weight is 295 g/mol. The van der Waals surface area contributed by atoms with Crippen LogP contribution in [-0.4, -0.2) is 11.6 Å². The SMILES string of the molecule is C[C@@H](C(=N)N)c1ccc(C(=O)c2ccccc2)s1.Cl. The van der Waals surface area contributed by atoms with Gasteiger partial charge in [-0.2, -0.15) is 0 Å². The molecule has 0 unspecified atom stereocenters. The first-order chi connectivity index (χ1) is 8.59. The van der Waals surface area contributed by atoms with E-state index in [1.807, 2.05) is 31.2 Å². The van der Waals surface area contributed by atoms with Crippen LogP contribution in [0, 0.1) is 5.41 Å². The lowest BCUT2D eigenvalue weighted by molar-refractivity contribution is 0.104. The number of carbonyl (C=O) groups excluding carboxylic acids is 1. The number of hydrogen-bond acceptors (Lipinski definition) is 3. The van der Waals surface area contributed by atoms with Crippen LogP contribution in [-0.2, 0) is 0 Å². The number of nitrogens with one attached hydrogen (secondary N) is 1. The van der Waals surface area contributed by atoms with Crippen molar-refractivity contribution in [3.8, 4) is 0 Å². The quantitative estimate of drug-likeness (QED) is 0.515. The van der Waals surface area contributed by atoms with Gasteiger partial charge in [0, 0.05) is 16.4 Å². The molecule has 5 heteroatoms. The van der Waals surface area contributed by atoms with Crippen molar-refractivity contribution < 1.29 is 4.79 Å². The molecule has 0 radical (unpaired) electrons. The van der Waals surface area contributed by atoms with Crippen LogP contribution in [0.15, 0.2) is 42.5 Å². The molecule has 2 rings (SSSR count). The minimum Gasteiger partial charge on any atom is -0.387 e. The van der Waals surface area contributed by atoms with Crippen LogP contribution in [0.4, 0.5) is 0 Å². The maximum atomic E-state index is 12.2. The van der Waals surface area contributed by atoms with Crippen molar-refractivity contribution in [3.05, 3.63) is 57.8 Å². The van der Waals surface area contributed by atoms with Gasteiger partial charge < -0.3 is 5.73 Å². The molecule has 0 saturated carbocycles. The molecule has 0 fully saturated rings. The molecule has 0 aliphatic rings. The van der Waals surface area contributed by atoms with E-state index in [2.05, 4.69) is 0 Å². The van der Waals surface area contributed by atoms with E-state index in [1.165, 1.54) is 11.3 Å². The Kier molecular flexibility index (Phi) is 5.27. The molecule has 0 aliphatic heterocycles. The van der Waals surface area contributed by atoms with E-state index in [0.29, 0.717) is 10.4 Å². The van der Waals surface area contributed by atoms with Crippen LogP contribution in [0.25, 0.3) is 0 Å². The van der Waals surface area contributed by atoms with E-state index in [0.717, 1.165) is 4.88 Å². The highest BCUT2D eigenvalue weighted by atomic mass is 35.5. The monoisotopic (exact) mass is 294 g/mol. The lowest BCUT2D eigenvalue weighted by Gasteiger charge is -2.05. The number of carbonyl (C=O) groups is 1. The molecular weight excluding hydrogens is 280 g/mol. The number of nitrogens with two attached hydrogens (primary N) is 1. The van der Waals surface area contributed by atoms with E-state index in [1.54, 1.807) is 18.2 Å². The van der Waals surface area contributed by atoms with Crippen LogP contribution in [0.1, 0.15) is 33.0 Å². The minimum atomic E-state index is -0.132.